The third-order valence-electron chi connectivity index (χ3n) is 4.02. The van der Waals surface area contributed by atoms with E-state index in [9.17, 15) is 0 Å². The largest absolute Gasteiger partial charge is 0.444 e. The Morgan fingerprint density at radius 3 is 2.89 bits per heavy atom. The van der Waals surface area contributed by atoms with Crippen LogP contribution in [0.1, 0.15) is 37.1 Å². The van der Waals surface area contributed by atoms with Gasteiger partial charge < -0.3 is 14.6 Å². The molecule has 1 saturated heterocycles. The Morgan fingerprint density at radius 1 is 1.50 bits per heavy atom. The molecule has 1 aromatic heterocycles. The Bertz CT molecular complexity index is 369. The van der Waals surface area contributed by atoms with Crippen molar-refractivity contribution in [1.82, 2.24) is 15.2 Å². The van der Waals surface area contributed by atoms with Gasteiger partial charge in [0.1, 0.15) is 5.76 Å². The van der Waals surface area contributed by atoms with E-state index in [1.807, 2.05) is 13.8 Å². The average molecular weight is 251 g/mol. The van der Waals surface area contributed by atoms with E-state index in [4.69, 9.17) is 4.42 Å². The van der Waals surface area contributed by atoms with Gasteiger partial charge in [0.2, 0.25) is 5.89 Å². The monoisotopic (exact) mass is 251 g/mol. The highest BCUT2D eigenvalue weighted by Gasteiger charge is 2.22. The van der Waals surface area contributed by atoms with Crippen LogP contribution >= 0.6 is 0 Å². The predicted molar refractivity (Wildman–Crippen MR) is 72.5 cm³/mol. The summed E-state index contributed by atoms with van der Waals surface area (Å²) in [6.07, 6.45) is 2.63. The maximum absolute atomic E-state index is 5.59. The van der Waals surface area contributed by atoms with Gasteiger partial charge in [-0.3, -0.25) is 0 Å². The first-order valence-corrected chi connectivity index (χ1v) is 6.91. The fraction of sp³-hybridized carbons (Fsp3) is 0.786. The Morgan fingerprint density at radius 2 is 2.28 bits per heavy atom. The van der Waals surface area contributed by atoms with Crippen molar-refractivity contribution in [2.24, 2.45) is 5.92 Å². The highest BCUT2D eigenvalue weighted by Crippen LogP contribution is 2.19. The van der Waals surface area contributed by atoms with Crippen LogP contribution in [0.2, 0.25) is 0 Å². The van der Waals surface area contributed by atoms with Crippen LogP contribution in [0.4, 0.5) is 0 Å². The summed E-state index contributed by atoms with van der Waals surface area (Å²) in [6, 6.07) is 0.514. The maximum Gasteiger partial charge on any atom is 0.208 e. The Labute approximate surface area is 110 Å². The zero-order valence-electron chi connectivity index (χ0n) is 12.0. The van der Waals surface area contributed by atoms with Gasteiger partial charge in [-0.05, 0) is 53.1 Å². The van der Waals surface area contributed by atoms with Crippen LogP contribution < -0.4 is 5.32 Å². The van der Waals surface area contributed by atoms with Gasteiger partial charge in [-0.15, -0.1) is 0 Å². The number of nitrogens with one attached hydrogen (secondary N) is 1. The molecule has 2 unspecified atom stereocenters. The Balaban J connectivity index is 1.82. The molecule has 0 saturated carbocycles. The second-order valence-corrected chi connectivity index (χ2v) is 5.58. The highest BCUT2D eigenvalue weighted by atomic mass is 16.4. The molecule has 0 amide bonds. The van der Waals surface area contributed by atoms with Crippen molar-refractivity contribution >= 4 is 0 Å². The molecule has 1 aromatic rings. The molecule has 1 aliphatic heterocycles. The van der Waals surface area contributed by atoms with E-state index in [-0.39, 0.29) is 0 Å². The van der Waals surface area contributed by atoms with Crippen LogP contribution in [-0.2, 0) is 6.54 Å². The predicted octanol–water partition coefficient (Wildman–Crippen LogP) is 2.11. The molecule has 2 atom stereocenters. The average Bonchev–Trinajstić information content (AvgIpc) is 2.66. The summed E-state index contributed by atoms with van der Waals surface area (Å²) in [5, 5.41) is 3.55. The molecule has 1 aliphatic rings. The number of aryl methyl sites for hydroxylation is 2. The van der Waals surface area contributed by atoms with E-state index in [0.717, 1.165) is 29.8 Å². The molecule has 0 aromatic carbocycles. The van der Waals surface area contributed by atoms with Crippen LogP contribution in [0.25, 0.3) is 0 Å². The van der Waals surface area contributed by atoms with Crippen LogP contribution in [0.3, 0.4) is 0 Å². The minimum Gasteiger partial charge on any atom is -0.444 e. The van der Waals surface area contributed by atoms with Gasteiger partial charge >= 0.3 is 0 Å². The number of hydrogen-bond donors (Lipinski definition) is 1. The molecule has 2 rings (SSSR count). The van der Waals surface area contributed by atoms with Crippen LogP contribution in [0.15, 0.2) is 4.42 Å². The molecular formula is C14H25N3O. The Hall–Kier alpha value is -0.870. The van der Waals surface area contributed by atoms with Gasteiger partial charge in [-0.1, -0.05) is 0 Å². The number of oxazole rings is 1. The number of likely N-dealkylation sites (tertiary alicyclic amines) is 1. The fourth-order valence-electron chi connectivity index (χ4n) is 2.64. The molecule has 0 spiro atoms. The standard InChI is InChI=1S/C14H25N3O/c1-10-12(3)18-14(16-10)8-15-11(2)13-6-5-7-17(4)9-13/h11,13,15H,5-9H2,1-4H3. The number of aromatic nitrogens is 1. The minimum absolute atomic E-state index is 0.514. The minimum atomic E-state index is 0.514. The van der Waals surface area contributed by atoms with Crippen LogP contribution in [0, 0.1) is 19.8 Å². The molecule has 0 bridgehead atoms. The Kier molecular flexibility index (Phi) is 4.40. The molecule has 2 heterocycles. The molecule has 1 N–H and O–H groups in total. The number of rotatable bonds is 4. The van der Waals surface area contributed by atoms with Gasteiger partial charge in [0, 0.05) is 12.6 Å². The van der Waals surface area contributed by atoms with Crippen LogP contribution in [-0.4, -0.2) is 36.1 Å². The zero-order chi connectivity index (χ0) is 13.1. The van der Waals surface area contributed by atoms with Crippen LogP contribution in [0.5, 0.6) is 0 Å². The zero-order valence-corrected chi connectivity index (χ0v) is 12.0. The summed E-state index contributed by atoms with van der Waals surface area (Å²) < 4.78 is 5.59. The summed E-state index contributed by atoms with van der Waals surface area (Å²) >= 11 is 0. The van der Waals surface area contributed by atoms with Crippen molar-refractivity contribution in [3.05, 3.63) is 17.3 Å². The second kappa shape index (κ2) is 5.85. The van der Waals surface area contributed by atoms with E-state index >= 15 is 0 Å². The molecule has 0 aliphatic carbocycles. The molecule has 4 nitrogen and oxygen atoms in total. The highest BCUT2D eigenvalue weighted by molar-refractivity contribution is 5.05. The summed E-state index contributed by atoms with van der Waals surface area (Å²) in [7, 11) is 2.21. The number of nitrogens with zero attached hydrogens (tertiary/aromatic N) is 2. The topological polar surface area (TPSA) is 41.3 Å². The summed E-state index contributed by atoms with van der Waals surface area (Å²) in [6.45, 7) is 9.38. The SMILES string of the molecule is Cc1nc(CNC(C)C2CCCN(C)C2)oc1C. The van der Waals surface area contributed by atoms with E-state index in [0.29, 0.717) is 6.04 Å². The maximum atomic E-state index is 5.59. The van der Waals surface area contributed by atoms with E-state index in [1.54, 1.807) is 0 Å². The van der Waals surface area contributed by atoms with Crippen molar-refractivity contribution in [1.29, 1.82) is 0 Å². The van der Waals surface area contributed by atoms with Crippen molar-refractivity contribution in [3.63, 3.8) is 0 Å². The third-order valence-corrected chi connectivity index (χ3v) is 4.02. The molecule has 1 fully saturated rings. The van der Waals surface area contributed by atoms with E-state index in [1.165, 1.54) is 25.9 Å². The lowest BCUT2D eigenvalue weighted by Crippen LogP contribution is -2.42. The molecule has 102 valence electrons. The van der Waals surface area contributed by atoms with Crippen molar-refractivity contribution in [2.75, 3.05) is 20.1 Å². The molecule has 0 radical (unpaired) electrons. The lowest BCUT2D eigenvalue weighted by Gasteiger charge is -2.33. The first kappa shape index (κ1) is 13.6. The van der Waals surface area contributed by atoms with E-state index in [2.05, 4.69) is 29.2 Å². The number of hydrogen-bond acceptors (Lipinski definition) is 4. The fourth-order valence-corrected chi connectivity index (χ4v) is 2.64. The number of piperidine rings is 1. The van der Waals surface area contributed by atoms with Crippen molar-refractivity contribution < 1.29 is 4.42 Å². The molecular weight excluding hydrogens is 226 g/mol. The van der Waals surface area contributed by atoms with Gasteiger partial charge in [0.05, 0.1) is 12.2 Å². The van der Waals surface area contributed by atoms with Gasteiger partial charge in [0.25, 0.3) is 0 Å². The van der Waals surface area contributed by atoms with Crippen molar-refractivity contribution in [2.45, 2.75) is 46.2 Å². The molecule has 18 heavy (non-hydrogen) atoms. The summed E-state index contributed by atoms with van der Waals surface area (Å²) in [5.41, 5.74) is 0.997. The smallest absolute Gasteiger partial charge is 0.208 e. The first-order valence-electron chi connectivity index (χ1n) is 6.91. The summed E-state index contributed by atoms with van der Waals surface area (Å²) in [4.78, 5) is 6.83. The van der Waals surface area contributed by atoms with Gasteiger partial charge in [-0.2, -0.15) is 0 Å². The van der Waals surface area contributed by atoms with E-state index < -0.39 is 0 Å². The molecule has 4 heteroatoms. The van der Waals surface area contributed by atoms with Gasteiger partial charge in [0.15, 0.2) is 0 Å². The quantitative estimate of drug-likeness (QED) is 0.890. The second-order valence-electron chi connectivity index (χ2n) is 5.58. The first-order chi connectivity index (χ1) is 8.56. The summed E-state index contributed by atoms with van der Waals surface area (Å²) in [5.74, 6) is 2.47. The van der Waals surface area contributed by atoms with Crippen molar-refractivity contribution in [3.8, 4) is 0 Å². The lowest BCUT2D eigenvalue weighted by atomic mass is 9.92. The normalized spacial score (nSPS) is 23.2. The lowest BCUT2D eigenvalue weighted by molar-refractivity contribution is 0.177. The third kappa shape index (κ3) is 3.33. The van der Waals surface area contributed by atoms with Gasteiger partial charge in [-0.25, -0.2) is 4.98 Å².